The Morgan fingerprint density at radius 3 is 2.60 bits per heavy atom. The maximum absolute atomic E-state index is 11.7. The molecule has 1 aliphatic rings. The highest BCUT2D eigenvalue weighted by molar-refractivity contribution is 9.10. The van der Waals surface area contributed by atoms with Crippen LogP contribution in [0.4, 0.5) is 0 Å². The van der Waals surface area contributed by atoms with Gasteiger partial charge in [0.05, 0.1) is 10.9 Å². The Hall–Kier alpha value is -0.0900. The zero-order chi connectivity index (χ0) is 11.4. The highest BCUT2D eigenvalue weighted by Gasteiger charge is 2.32. The Bertz CT molecular complexity index is 215. The Balaban J connectivity index is 2.19. The van der Waals surface area contributed by atoms with E-state index in [-0.39, 0.29) is 10.7 Å². The number of amides is 1. The highest BCUT2D eigenvalue weighted by Crippen LogP contribution is 2.24. The summed E-state index contributed by atoms with van der Waals surface area (Å²) in [6, 6.07) is 0.313. The number of rotatable bonds is 5. The summed E-state index contributed by atoms with van der Waals surface area (Å²) in [4.78, 5) is 11.6. The molecule has 0 heterocycles. The summed E-state index contributed by atoms with van der Waals surface area (Å²) < 4.78 is 5.43. The molecular weight excluding hydrogens is 258 g/mol. The van der Waals surface area contributed by atoms with Gasteiger partial charge in [0.15, 0.2) is 0 Å². The first kappa shape index (κ1) is 13.0. The maximum atomic E-state index is 11.7. The van der Waals surface area contributed by atoms with Gasteiger partial charge in [-0.1, -0.05) is 29.8 Å². The third-order valence-electron chi connectivity index (χ3n) is 2.68. The van der Waals surface area contributed by atoms with E-state index >= 15 is 0 Å². The normalized spacial score (nSPS) is 27.3. The van der Waals surface area contributed by atoms with E-state index < -0.39 is 0 Å². The van der Waals surface area contributed by atoms with Crippen LogP contribution in [0.15, 0.2) is 0 Å². The SMILES string of the molecule is CCOC1CC(NC(=O)C(Br)C(C)C)C1. The number of halogens is 1. The quantitative estimate of drug-likeness (QED) is 0.782. The van der Waals surface area contributed by atoms with Crippen LogP contribution in [0.5, 0.6) is 0 Å². The minimum absolute atomic E-state index is 0.0800. The molecular formula is C11H20BrNO2. The molecule has 88 valence electrons. The average molecular weight is 278 g/mol. The molecule has 0 saturated heterocycles. The van der Waals surface area contributed by atoms with Gasteiger partial charge in [0.25, 0.3) is 0 Å². The minimum Gasteiger partial charge on any atom is -0.378 e. The molecule has 1 unspecified atom stereocenters. The molecule has 1 aliphatic carbocycles. The Labute approximate surface area is 100 Å². The highest BCUT2D eigenvalue weighted by atomic mass is 79.9. The van der Waals surface area contributed by atoms with Crippen LogP contribution in [0.2, 0.25) is 0 Å². The molecule has 1 fully saturated rings. The molecule has 0 aliphatic heterocycles. The van der Waals surface area contributed by atoms with Gasteiger partial charge in [-0.3, -0.25) is 4.79 Å². The summed E-state index contributed by atoms with van der Waals surface area (Å²) in [5.74, 6) is 0.428. The smallest absolute Gasteiger partial charge is 0.234 e. The van der Waals surface area contributed by atoms with Crippen LogP contribution in [0.25, 0.3) is 0 Å². The first-order chi connectivity index (χ1) is 7.04. The molecule has 0 radical (unpaired) electrons. The van der Waals surface area contributed by atoms with E-state index in [9.17, 15) is 4.79 Å². The van der Waals surface area contributed by atoms with Crippen molar-refractivity contribution in [2.45, 2.75) is 50.6 Å². The van der Waals surface area contributed by atoms with Crippen LogP contribution in [0.3, 0.4) is 0 Å². The first-order valence-corrected chi connectivity index (χ1v) is 6.52. The second-order valence-corrected chi connectivity index (χ2v) is 5.39. The zero-order valence-electron chi connectivity index (χ0n) is 9.63. The number of hydrogen-bond acceptors (Lipinski definition) is 2. The van der Waals surface area contributed by atoms with E-state index in [1.165, 1.54) is 0 Å². The van der Waals surface area contributed by atoms with Crippen molar-refractivity contribution < 1.29 is 9.53 Å². The van der Waals surface area contributed by atoms with Crippen molar-refractivity contribution in [2.75, 3.05) is 6.61 Å². The molecule has 1 rings (SSSR count). The fourth-order valence-corrected chi connectivity index (χ4v) is 1.77. The van der Waals surface area contributed by atoms with Gasteiger partial charge in [-0.2, -0.15) is 0 Å². The van der Waals surface area contributed by atoms with Gasteiger partial charge in [0.1, 0.15) is 0 Å². The maximum Gasteiger partial charge on any atom is 0.234 e. The number of ether oxygens (including phenoxy) is 1. The lowest BCUT2D eigenvalue weighted by atomic mass is 9.89. The lowest BCUT2D eigenvalue weighted by Crippen LogP contribution is -2.50. The van der Waals surface area contributed by atoms with Crippen molar-refractivity contribution in [1.29, 1.82) is 0 Å². The van der Waals surface area contributed by atoms with Crippen molar-refractivity contribution in [3.05, 3.63) is 0 Å². The number of carbonyl (C=O) groups excluding carboxylic acids is 1. The molecule has 0 bridgehead atoms. The predicted molar refractivity (Wildman–Crippen MR) is 64.1 cm³/mol. The van der Waals surface area contributed by atoms with Crippen LogP contribution in [0, 0.1) is 5.92 Å². The van der Waals surface area contributed by atoms with E-state index in [1.807, 2.05) is 20.8 Å². The van der Waals surface area contributed by atoms with Crippen LogP contribution in [-0.2, 0) is 9.53 Å². The Morgan fingerprint density at radius 2 is 2.13 bits per heavy atom. The standard InChI is InChI=1S/C11H20BrNO2/c1-4-15-9-5-8(6-9)13-11(14)10(12)7(2)3/h7-10H,4-6H2,1-3H3,(H,13,14). The van der Waals surface area contributed by atoms with Crippen molar-refractivity contribution in [1.82, 2.24) is 5.32 Å². The fraction of sp³-hybridized carbons (Fsp3) is 0.909. The molecule has 15 heavy (non-hydrogen) atoms. The van der Waals surface area contributed by atoms with Crippen molar-refractivity contribution >= 4 is 21.8 Å². The lowest BCUT2D eigenvalue weighted by Gasteiger charge is -2.36. The number of hydrogen-bond donors (Lipinski definition) is 1. The van der Waals surface area contributed by atoms with Gasteiger partial charge in [-0.05, 0) is 25.7 Å². The van der Waals surface area contributed by atoms with E-state index in [0.717, 1.165) is 19.4 Å². The third kappa shape index (κ3) is 3.76. The second kappa shape index (κ2) is 5.85. The van der Waals surface area contributed by atoms with E-state index in [2.05, 4.69) is 21.2 Å². The zero-order valence-corrected chi connectivity index (χ0v) is 11.2. The van der Waals surface area contributed by atoms with Crippen LogP contribution >= 0.6 is 15.9 Å². The summed E-state index contributed by atoms with van der Waals surface area (Å²) in [5, 5.41) is 3.02. The lowest BCUT2D eigenvalue weighted by molar-refractivity contribution is -0.123. The molecule has 0 aromatic heterocycles. The summed E-state index contributed by atoms with van der Waals surface area (Å²) in [6.45, 7) is 6.82. The molecule has 3 nitrogen and oxygen atoms in total. The molecule has 0 spiro atoms. The molecule has 0 aromatic rings. The second-order valence-electron chi connectivity index (χ2n) is 4.40. The van der Waals surface area contributed by atoms with Crippen LogP contribution in [-0.4, -0.2) is 29.5 Å². The molecule has 0 aromatic carbocycles. The Morgan fingerprint density at radius 1 is 1.53 bits per heavy atom. The topological polar surface area (TPSA) is 38.3 Å². The average Bonchev–Trinajstić information content (AvgIpc) is 2.13. The van der Waals surface area contributed by atoms with Gasteiger partial charge in [0, 0.05) is 12.6 Å². The molecule has 1 N–H and O–H groups in total. The van der Waals surface area contributed by atoms with Gasteiger partial charge < -0.3 is 10.1 Å². The number of alkyl halides is 1. The molecule has 4 heteroatoms. The van der Waals surface area contributed by atoms with Crippen molar-refractivity contribution in [3.8, 4) is 0 Å². The van der Waals surface area contributed by atoms with Gasteiger partial charge >= 0.3 is 0 Å². The van der Waals surface area contributed by atoms with Gasteiger partial charge in [0.2, 0.25) is 5.91 Å². The van der Waals surface area contributed by atoms with Gasteiger partial charge in [-0.25, -0.2) is 0 Å². The Kier molecular flexibility index (Phi) is 5.06. The van der Waals surface area contributed by atoms with Crippen molar-refractivity contribution in [3.63, 3.8) is 0 Å². The van der Waals surface area contributed by atoms with Crippen LogP contribution in [0.1, 0.15) is 33.6 Å². The number of carbonyl (C=O) groups is 1. The minimum atomic E-state index is -0.0800. The first-order valence-electron chi connectivity index (χ1n) is 5.60. The van der Waals surface area contributed by atoms with E-state index in [1.54, 1.807) is 0 Å². The van der Waals surface area contributed by atoms with Crippen LogP contribution < -0.4 is 5.32 Å². The summed E-state index contributed by atoms with van der Waals surface area (Å²) in [6.07, 6.45) is 2.27. The van der Waals surface area contributed by atoms with E-state index in [0.29, 0.717) is 18.1 Å². The fourth-order valence-electron chi connectivity index (χ4n) is 1.64. The summed E-state index contributed by atoms with van der Waals surface area (Å²) in [5.41, 5.74) is 0. The molecule has 1 saturated carbocycles. The monoisotopic (exact) mass is 277 g/mol. The summed E-state index contributed by atoms with van der Waals surface area (Å²) >= 11 is 3.39. The number of nitrogens with one attached hydrogen (secondary N) is 1. The molecule has 1 atom stereocenters. The van der Waals surface area contributed by atoms with Gasteiger partial charge in [-0.15, -0.1) is 0 Å². The molecule has 1 amide bonds. The predicted octanol–water partition coefficient (Wildman–Crippen LogP) is 2.09. The largest absolute Gasteiger partial charge is 0.378 e. The summed E-state index contributed by atoms with van der Waals surface area (Å²) in [7, 11) is 0. The third-order valence-corrected chi connectivity index (χ3v) is 4.15. The van der Waals surface area contributed by atoms with Crippen molar-refractivity contribution in [2.24, 2.45) is 5.92 Å². The van der Waals surface area contributed by atoms with E-state index in [4.69, 9.17) is 4.74 Å².